The molecule has 3 nitrogen and oxygen atoms in total. The Morgan fingerprint density at radius 3 is 2.33 bits per heavy atom. The van der Waals surface area contributed by atoms with Gasteiger partial charge in [0.15, 0.2) is 0 Å². The number of rotatable bonds is 3. The molecule has 2 rings (SSSR count). The Hall–Kier alpha value is -0.685. The third-order valence-electron chi connectivity index (χ3n) is 4.07. The van der Waals surface area contributed by atoms with Crippen molar-refractivity contribution in [2.24, 2.45) is 0 Å². The molecule has 0 saturated carbocycles. The second kappa shape index (κ2) is 5.84. The standard InChI is InChI=1S/C15H19BBrFO3/c1-14(2)15(3,4)21-16(20-14)10(9-19)8-11-12(17)6-5-7-13(11)18/h5-8,19H,9H2,1-4H3. The van der Waals surface area contributed by atoms with E-state index in [4.69, 9.17) is 9.31 Å². The topological polar surface area (TPSA) is 38.7 Å². The quantitative estimate of drug-likeness (QED) is 0.841. The lowest BCUT2D eigenvalue weighted by molar-refractivity contribution is 0.00578. The van der Waals surface area contributed by atoms with E-state index in [-0.39, 0.29) is 12.4 Å². The molecule has 1 aromatic rings. The van der Waals surface area contributed by atoms with Crippen molar-refractivity contribution in [3.8, 4) is 0 Å². The van der Waals surface area contributed by atoms with Crippen LogP contribution in [0.25, 0.3) is 6.08 Å². The van der Waals surface area contributed by atoms with Crippen LogP contribution in [0.4, 0.5) is 4.39 Å². The predicted molar refractivity (Wildman–Crippen MR) is 85.2 cm³/mol. The molecule has 114 valence electrons. The van der Waals surface area contributed by atoms with Crippen LogP contribution in [0.3, 0.4) is 0 Å². The molecular weight excluding hydrogens is 338 g/mol. The van der Waals surface area contributed by atoms with Crippen molar-refractivity contribution in [2.45, 2.75) is 38.9 Å². The smallest absolute Gasteiger partial charge is 0.400 e. The van der Waals surface area contributed by atoms with Gasteiger partial charge < -0.3 is 14.4 Å². The first kappa shape index (κ1) is 16.7. The van der Waals surface area contributed by atoms with Gasteiger partial charge in [-0.05, 0) is 45.3 Å². The fraction of sp³-hybridized carbons (Fsp3) is 0.467. The molecule has 1 heterocycles. The van der Waals surface area contributed by atoms with E-state index in [1.807, 2.05) is 27.7 Å². The van der Waals surface area contributed by atoms with E-state index < -0.39 is 18.3 Å². The van der Waals surface area contributed by atoms with Crippen LogP contribution in [-0.4, -0.2) is 30.0 Å². The zero-order chi connectivity index (χ0) is 15.8. The molecule has 0 unspecified atom stereocenters. The molecule has 1 N–H and O–H groups in total. The molecule has 0 radical (unpaired) electrons. The summed E-state index contributed by atoms with van der Waals surface area (Å²) in [4.78, 5) is 0. The maximum absolute atomic E-state index is 13.9. The normalized spacial score (nSPS) is 20.9. The molecule has 1 fully saturated rings. The molecule has 0 bridgehead atoms. The van der Waals surface area contributed by atoms with E-state index in [0.29, 0.717) is 15.5 Å². The van der Waals surface area contributed by atoms with E-state index in [0.717, 1.165) is 0 Å². The third-order valence-corrected chi connectivity index (χ3v) is 4.76. The number of halogens is 2. The summed E-state index contributed by atoms with van der Waals surface area (Å²) in [5.41, 5.74) is -0.146. The van der Waals surface area contributed by atoms with Crippen LogP contribution in [-0.2, 0) is 9.31 Å². The molecule has 1 aliphatic rings. The number of benzene rings is 1. The zero-order valence-electron chi connectivity index (χ0n) is 12.6. The van der Waals surface area contributed by atoms with Gasteiger partial charge in [-0.1, -0.05) is 28.1 Å². The predicted octanol–water partition coefficient (Wildman–Crippen LogP) is 3.60. The Kier molecular flexibility index (Phi) is 4.64. The lowest BCUT2D eigenvalue weighted by Gasteiger charge is -2.32. The van der Waals surface area contributed by atoms with Gasteiger partial charge in [-0.25, -0.2) is 4.39 Å². The number of aliphatic hydroxyl groups is 1. The maximum atomic E-state index is 13.9. The van der Waals surface area contributed by atoms with Crippen LogP contribution in [0.1, 0.15) is 33.3 Å². The molecule has 0 aromatic heterocycles. The first-order valence-electron chi connectivity index (χ1n) is 6.79. The minimum atomic E-state index is -0.688. The molecular formula is C15H19BBrFO3. The fourth-order valence-corrected chi connectivity index (χ4v) is 2.47. The van der Waals surface area contributed by atoms with Crippen molar-refractivity contribution in [1.29, 1.82) is 0 Å². The summed E-state index contributed by atoms with van der Waals surface area (Å²) in [5.74, 6) is -0.369. The molecule has 1 aliphatic heterocycles. The molecule has 0 atom stereocenters. The van der Waals surface area contributed by atoms with Crippen LogP contribution in [0.15, 0.2) is 28.1 Å². The van der Waals surface area contributed by atoms with Crippen molar-refractivity contribution in [2.75, 3.05) is 6.61 Å². The average Bonchev–Trinajstić information content (AvgIpc) is 2.58. The summed E-state index contributed by atoms with van der Waals surface area (Å²) in [6.07, 6.45) is 1.57. The van der Waals surface area contributed by atoms with Crippen LogP contribution < -0.4 is 0 Å². The Morgan fingerprint density at radius 2 is 1.86 bits per heavy atom. The molecule has 6 heteroatoms. The van der Waals surface area contributed by atoms with Crippen molar-refractivity contribution in [3.63, 3.8) is 0 Å². The van der Waals surface area contributed by atoms with Gasteiger partial charge in [0.05, 0.1) is 17.8 Å². The van der Waals surface area contributed by atoms with Crippen LogP contribution in [0.5, 0.6) is 0 Å². The third kappa shape index (κ3) is 3.23. The Bertz CT molecular complexity index is 536. The highest BCUT2D eigenvalue weighted by Crippen LogP contribution is 2.39. The fourth-order valence-electron chi connectivity index (χ4n) is 2.02. The molecule has 1 aromatic carbocycles. The van der Waals surface area contributed by atoms with E-state index >= 15 is 0 Å². The highest BCUT2D eigenvalue weighted by molar-refractivity contribution is 9.10. The number of hydrogen-bond donors (Lipinski definition) is 1. The second-order valence-corrected chi connectivity index (χ2v) is 6.96. The van der Waals surface area contributed by atoms with Gasteiger partial charge in [0.2, 0.25) is 0 Å². The van der Waals surface area contributed by atoms with Crippen LogP contribution >= 0.6 is 15.9 Å². The first-order chi connectivity index (χ1) is 9.68. The lowest BCUT2D eigenvalue weighted by atomic mass is 9.77. The summed E-state index contributed by atoms with van der Waals surface area (Å²) in [5, 5.41) is 9.60. The Balaban J connectivity index is 2.36. The van der Waals surface area contributed by atoms with Gasteiger partial charge in [-0.3, -0.25) is 0 Å². The maximum Gasteiger partial charge on any atom is 0.492 e. The number of aliphatic hydroxyl groups excluding tert-OH is 1. The van der Waals surface area contributed by atoms with Gasteiger partial charge >= 0.3 is 7.12 Å². The lowest BCUT2D eigenvalue weighted by Crippen LogP contribution is -2.41. The molecule has 1 saturated heterocycles. The molecule has 0 aliphatic carbocycles. The van der Waals surface area contributed by atoms with Crippen LogP contribution in [0.2, 0.25) is 0 Å². The highest BCUT2D eigenvalue weighted by Gasteiger charge is 2.52. The Morgan fingerprint density at radius 1 is 1.29 bits per heavy atom. The van der Waals surface area contributed by atoms with E-state index in [1.165, 1.54) is 6.07 Å². The molecule has 21 heavy (non-hydrogen) atoms. The van der Waals surface area contributed by atoms with Crippen molar-refractivity contribution in [1.82, 2.24) is 0 Å². The van der Waals surface area contributed by atoms with Crippen LogP contribution in [0, 0.1) is 5.82 Å². The van der Waals surface area contributed by atoms with Crippen molar-refractivity contribution >= 4 is 29.1 Å². The summed E-state index contributed by atoms with van der Waals surface area (Å²) in [6.45, 7) is 7.46. The second-order valence-electron chi connectivity index (χ2n) is 6.10. The average molecular weight is 357 g/mol. The molecule has 0 amide bonds. The monoisotopic (exact) mass is 356 g/mol. The minimum Gasteiger partial charge on any atom is -0.400 e. The van der Waals surface area contributed by atoms with E-state index in [1.54, 1.807) is 18.2 Å². The van der Waals surface area contributed by atoms with Gasteiger partial charge in [0, 0.05) is 10.0 Å². The SMILES string of the molecule is CC1(C)OB(C(=Cc2c(F)cccc2Br)CO)OC1(C)C. The van der Waals surface area contributed by atoms with Gasteiger partial charge in [-0.15, -0.1) is 0 Å². The summed E-state index contributed by atoms with van der Waals surface area (Å²) >= 11 is 3.31. The van der Waals surface area contributed by atoms with E-state index in [2.05, 4.69) is 15.9 Å². The largest absolute Gasteiger partial charge is 0.492 e. The number of hydrogen-bond acceptors (Lipinski definition) is 3. The summed E-state index contributed by atoms with van der Waals surface area (Å²) < 4.78 is 26.3. The first-order valence-corrected chi connectivity index (χ1v) is 7.58. The van der Waals surface area contributed by atoms with Crippen molar-refractivity contribution in [3.05, 3.63) is 39.5 Å². The summed E-state index contributed by atoms with van der Waals surface area (Å²) in [7, 11) is -0.688. The highest BCUT2D eigenvalue weighted by atomic mass is 79.9. The molecule has 0 spiro atoms. The van der Waals surface area contributed by atoms with Gasteiger partial charge in [-0.2, -0.15) is 0 Å². The van der Waals surface area contributed by atoms with Gasteiger partial charge in [0.1, 0.15) is 5.82 Å². The van der Waals surface area contributed by atoms with Crippen molar-refractivity contribution < 1.29 is 18.8 Å². The zero-order valence-corrected chi connectivity index (χ0v) is 14.2. The summed E-state index contributed by atoms with van der Waals surface area (Å²) in [6, 6.07) is 4.73. The Labute approximate surface area is 133 Å². The van der Waals surface area contributed by atoms with E-state index in [9.17, 15) is 9.50 Å². The van der Waals surface area contributed by atoms with Gasteiger partial charge in [0.25, 0.3) is 0 Å². The minimum absolute atomic E-state index is 0.266.